The summed E-state index contributed by atoms with van der Waals surface area (Å²) in [6.07, 6.45) is 3.16. The van der Waals surface area contributed by atoms with Gasteiger partial charge in [0.15, 0.2) is 0 Å². The fourth-order valence-corrected chi connectivity index (χ4v) is 2.61. The normalized spacial score (nSPS) is 14.7. The zero-order chi connectivity index (χ0) is 13.8. The zero-order valence-electron chi connectivity index (χ0n) is 12.2. The first-order valence-electron chi connectivity index (χ1n) is 6.93. The molecule has 0 saturated heterocycles. The van der Waals surface area contributed by atoms with Gasteiger partial charge in [-0.3, -0.25) is 0 Å². The molecule has 0 bridgehead atoms. The van der Waals surface area contributed by atoms with Crippen molar-refractivity contribution in [2.24, 2.45) is 0 Å². The minimum absolute atomic E-state index is 0.261. The number of nitrogens with one attached hydrogen (secondary N) is 1. The molecule has 0 aliphatic carbocycles. The van der Waals surface area contributed by atoms with E-state index >= 15 is 0 Å². The van der Waals surface area contributed by atoms with E-state index in [1.54, 1.807) is 0 Å². The Kier molecular flexibility index (Phi) is 4.94. The average Bonchev–Trinajstić information content (AvgIpc) is 2.82. The first-order valence-corrected chi connectivity index (χ1v) is 8.22. The largest absolute Gasteiger partial charge is 0.459 e. The molecule has 1 heterocycles. The molecule has 0 fully saturated rings. The molecular weight excluding hydrogens is 254 g/mol. The highest BCUT2D eigenvalue weighted by molar-refractivity contribution is 7.99. The molecule has 0 aliphatic heterocycles. The molecular formula is C16H23NOS. The molecule has 19 heavy (non-hydrogen) atoms. The van der Waals surface area contributed by atoms with Gasteiger partial charge in [0.1, 0.15) is 11.3 Å². The van der Waals surface area contributed by atoms with Crippen molar-refractivity contribution in [3.05, 3.63) is 35.6 Å². The van der Waals surface area contributed by atoms with Gasteiger partial charge in [-0.25, -0.2) is 0 Å². The van der Waals surface area contributed by atoms with Crippen LogP contribution in [0.1, 0.15) is 38.1 Å². The van der Waals surface area contributed by atoms with Crippen molar-refractivity contribution in [1.82, 2.24) is 5.32 Å². The molecule has 104 valence electrons. The lowest BCUT2D eigenvalue weighted by atomic mass is 10.1. The molecule has 1 aromatic carbocycles. The van der Waals surface area contributed by atoms with Gasteiger partial charge < -0.3 is 9.73 Å². The van der Waals surface area contributed by atoms with E-state index in [2.05, 4.69) is 50.5 Å². The Morgan fingerprint density at radius 1 is 1.26 bits per heavy atom. The van der Waals surface area contributed by atoms with Crippen LogP contribution in [0.2, 0.25) is 0 Å². The van der Waals surface area contributed by atoms with Crippen molar-refractivity contribution in [2.75, 3.05) is 12.8 Å². The van der Waals surface area contributed by atoms with Crippen LogP contribution in [0.15, 0.2) is 28.7 Å². The smallest absolute Gasteiger partial charge is 0.134 e. The fraction of sp³-hybridized carbons (Fsp3) is 0.500. The molecule has 0 saturated carbocycles. The van der Waals surface area contributed by atoms with Crippen molar-refractivity contribution >= 4 is 22.7 Å². The summed E-state index contributed by atoms with van der Waals surface area (Å²) in [6.45, 7) is 7.62. The van der Waals surface area contributed by atoms with Gasteiger partial charge in [-0.1, -0.05) is 32.0 Å². The van der Waals surface area contributed by atoms with Gasteiger partial charge in [-0.2, -0.15) is 11.8 Å². The Balaban J connectivity index is 2.23. The first-order chi connectivity index (χ1) is 9.17. The molecule has 0 spiro atoms. The average molecular weight is 277 g/mol. The van der Waals surface area contributed by atoms with Crippen LogP contribution in [-0.2, 0) is 6.42 Å². The van der Waals surface area contributed by atoms with E-state index < -0.39 is 0 Å². The van der Waals surface area contributed by atoms with Crippen LogP contribution in [0.4, 0.5) is 0 Å². The first kappa shape index (κ1) is 14.5. The highest BCUT2D eigenvalue weighted by atomic mass is 32.2. The van der Waals surface area contributed by atoms with E-state index in [4.69, 9.17) is 4.42 Å². The fourth-order valence-electron chi connectivity index (χ4n) is 2.35. The van der Waals surface area contributed by atoms with Gasteiger partial charge in [0.05, 0.1) is 6.04 Å². The maximum absolute atomic E-state index is 6.05. The lowest BCUT2D eigenvalue weighted by molar-refractivity contribution is 0.448. The van der Waals surface area contributed by atoms with Crippen LogP contribution < -0.4 is 5.32 Å². The third-order valence-corrected chi connectivity index (χ3v) is 4.56. The summed E-state index contributed by atoms with van der Waals surface area (Å²) >= 11 is 1.88. The van der Waals surface area contributed by atoms with Crippen molar-refractivity contribution < 1.29 is 4.42 Å². The lowest BCUT2D eigenvalue weighted by Crippen LogP contribution is -2.25. The number of para-hydroxylation sites is 1. The molecule has 2 atom stereocenters. The molecule has 0 aliphatic rings. The second kappa shape index (κ2) is 6.49. The van der Waals surface area contributed by atoms with E-state index in [1.807, 2.05) is 17.8 Å². The van der Waals surface area contributed by atoms with Crippen LogP contribution in [0.3, 0.4) is 0 Å². The van der Waals surface area contributed by atoms with Gasteiger partial charge in [0, 0.05) is 22.7 Å². The Morgan fingerprint density at radius 2 is 2.00 bits per heavy atom. The molecule has 2 rings (SSSR count). The maximum Gasteiger partial charge on any atom is 0.134 e. The quantitative estimate of drug-likeness (QED) is 0.847. The molecule has 2 aromatic rings. The van der Waals surface area contributed by atoms with Crippen molar-refractivity contribution in [3.8, 4) is 0 Å². The van der Waals surface area contributed by atoms with Gasteiger partial charge >= 0.3 is 0 Å². The van der Waals surface area contributed by atoms with Crippen LogP contribution in [0.5, 0.6) is 0 Å². The Morgan fingerprint density at radius 3 is 2.68 bits per heavy atom. The van der Waals surface area contributed by atoms with Crippen molar-refractivity contribution in [2.45, 2.75) is 38.5 Å². The van der Waals surface area contributed by atoms with Gasteiger partial charge in [0.25, 0.3) is 0 Å². The van der Waals surface area contributed by atoms with E-state index in [-0.39, 0.29) is 6.04 Å². The SMILES string of the molecule is CCc1c(C(C)NCC(C)SC)oc2ccccc12. The van der Waals surface area contributed by atoms with Gasteiger partial charge in [-0.15, -0.1) is 0 Å². The Hall–Kier alpha value is -0.930. The highest BCUT2D eigenvalue weighted by Crippen LogP contribution is 2.30. The van der Waals surface area contributed by atoms with Crippen LogP contribution in [0.25, 0.3) is 11.0 Å². The van der Waals surface area contributed by atoms with Crippen LogP contribution >= 0.6 is 11.8 Å². The van der Waals surface area contributed by atoms with E-state index in [9.17, 15) is 0 Å². The Bertz CT molecular complexity index is 535. The van der Waals surface area contributed by atoms with Crippen LogP contribution in [0, 0.1) is 0 Å². The van der Waals surface area contributed by atoms with Gasteiger partial charge in [0.2, 0.25) is 0 Å². The number of thioether (sulfide) groups is 1. The summed E-state index contributed by atoms with van der Waals surface area (Å²) in [5, 5.41) is 5.45. The summed E-state index contributed by atoms with van der Waals surface area (Å²) in [4.78, 5) is 0. The summed E-state index contributed by atoms with van der Waals surface area (Å²) in [5.41, 5.74) is 2.34. The summed E-state index contributed by atoms with van der Waals surface area (Å²) in [6, 6.07) is 8.57. The van der Waals surface area contributed by atoms with Gasteiger partial charge in [-0.05, 0) is 25.7 Å². The van der Waals surface area contributed by atoms with Crippen molar-refractivity contribution in [1.29, 1.82) is 0 Å². The molecule has 1 aromatic heterocycles. The number of hydrogen-bond acceptors (Lipinski definition) is 3. The van der Waals surface area contributed by atoms with Crippen LogP contribution in [-0.4, -0.2) is 18.1 Å². The number of furan rings is 1. The predicted octanol–water partition coefficient (Wildman–Crippen LogP) is 4.40. The summed E-state index contributed by atoms with van der Waals surface area (Å²) in [7, 11) is 0. The standard InChI is InChI=1S/C16H23NOS/c1-5-13-14-8-6-7-9-15(14)18-16(13)12(3)17-10-11(2)19-4/h6-9,11-12,17H,5,10H2,1-4H3. The second-order valence-electron chi connectivity index (χ2n) is 4.97. The molecule has 2 unspecified atom stereocenters. The third kappa shape index (κ3) is 3.15. The molecule has 1 N–H and O–H groups in total. The number of fused-ring (bicyclic) bond motifs is 1. The summed E-state index contributed by atoms with van der Waals surface area (Å²) in [5.74, 6) is 1.09. The molecule has 0 amide bonds. The van der Waals surface area contributed by atoms with Crippen molar-refractivity contribution in [3.63, 3.8) is 0 Å². The monoisotopic (exact) mass is 277 g/mol. The topological polar surface area (TPSA) is 25.2 Å². The molecule has 0 radical (unpaired) electrons. The number of benzene rings is 1. The molecule has 3 heteroatoms. The minimum Gasteiger partial charge on any atom is -0.459 e. The molecule has 2 nitrogen and oxygen atoms in total. The lowest BCUT2D eigenvalue weighted by Gasteiger charge is -2.16. The maximum atomic E-state index is 6.05. The minimum atomic E-state index is 0.261. The highest BCUT2D eigenvalue weighted by Gasteiger charge is 2.18. The van der Waals surface area contributed by atoms with E-state index in [1.165, 1.54) is 10.9 Å². The Labute approximate surface area is 119 Å². The zero-order valence-corrected chi connectivity index (χ0v) is 13.0. The second-order valence-corrected chi connectivity index (χ2v) is 6.25. The number of aryl methyl sites for hydroxylation is 1. The summed E-state index contributed by atoms with van der Waals surface area (Å²) < 4.78 is 6.05. The third-order valence-electron chi connectivity index (χ3n) is 3.59. The number of rotatable bonds is 6. The predicted molar refractivity (Wildman–Crippen MR) is 85.0 cm³/mol. The van der Waals surface area contributed by atoms with E-state index in [0.717, 1.165) is 24.3 Å². The number of hydrogen-bond donors (Lipinski definition) is 1. The van der Waals surface area contributed by atoms with E-state index in [0.29, 0.717) is 5.25 Å².